The number of carbonyl (C=O) groups is 2. The summed E-state index contributed by atoms with van der Waals surface area (Å²) in [7, 11) is 0. The molecule has 0 saturated carbocycles. The van der Waals surface area contributed by atoms with Gasteiger partial charge in [0.2, 0.25) is 0 Å². The SMILES string of the molecule is O=C(NCCN1CCOCC1)c1ccc(NC(=O)c2ccccc2F)cc1. The lowest BCUT2D eigenvalue weighted by molar-refractivity contribution is 0.0383. The zero-order valence-electron chi connectivity index (χ0n) is 14.9. The number of benzene rings is 2. The predicted molar refractivity (Wildman–Crippen MR) is 100 cm³/mol. The minimum atomic E-state index is -0.578. The molecule has 3 rings (SSSR count). The van der Waals surface area contributed by atoms with E-state index in [1.54, 1.807) is 30.3 Å². The highest BCUT2D eigenvalue weighted by atomic mass is 19.1. The minimum Gasteiger partial charge on any atom is -0.379 e. The highest BCUT2D eigenvalue weighted by Gasteiger charge is 2.13. The van der Waals surface area contributed by atoms with Crippen LogP contribution in [0.25, 0.3) is 0 Å². The fourth-order valence-corrected chi connectivity index (χ4v) is 2.80. The summed E-state index contributed by atoms with van der Waals surface area (Å²) >= 11 is 0. The summed E-state index contributed by atoms with van der Waals surface area (Å²) in [5.41, 5.74) is 0.969. The molecule has 0 spiro atoms. The van der Waals surface area contributed by atoms with Crippen molar-refractivity contribution in [2.45, 2.75) is 0 Å². The second kappa shape index (κ2) is 9.25. The van der Waals surface area contributed by atoms with Gasteiger partial charge in [0, 0.05) is 37.4 Å². The zero-order valence-corrected chi connectivity index (χ0v) is 14.9. The van der Waals surface area contributed by atoms with Gasteiger partial charge in [0.25, 0.3) is 11.8 Å². The molecule has 0 radical (unpaired) electrons. The summed E-state index contributed by atoms with van der Waals surface area (Å²) in [5.74, 6) is -1.28. The summed E-state index contributed by atoms with van der Waals surface area (Å²) < 4.78 is 18.9. The quantitative estimate of drug-likeness (QED) is 0.816. The lowest BCUT2D eigenvalue weighted by Crippen LogP contribution is -2.41. The molecular formula is C20H22FN3O3. The Hall–Kier alpha value is -2.77. The third-order valence-corrected chi connectivity index (χ3v) is 4.34. The molecule has 7 heteroatoms. The van der Waals surface area contributed by atoms with Crippen molar-refractivity contribution in [2.75, 3.05) is 44.7 Å². The molecule has 1 saturated heterocycles. The number of nitrogens with one attached hydrogen (secondary N) is 2. The van der Waals surface area contributed by atoms with E-state index in [9.17, 15) is 14.0 Å². The molecule has 142 valence electrons. The van der Waals surface area contributed by atoms with Crippen molar-refractivity contribution >= 4 is 17.5 Å². The van der Waals surface area contributed by atoms with E-state index < -0.39 is 11.7 Å². The molecule has 0 aromatic heterocycles. The summed E-state index contributed by atoms with van der Waals surface area (Å²) in [4.78, 5) is 26.5. The van der Waals surface area contributed by atoms with Crippen LogP contribution in [0.5, 0.6) is 0 Å². The molecule has 1 aliphatic rings. The van der Waals surface area contributed by atoms with Crippen molar-refractivity contribution in [3.8, 4) is 0 Å². The average molecular weight is 371 g/mol. The number of hydrogen-bond acceptors (Lipinski definition) is 4. The highest BCUT2D eigenvalue weighted by Crippen LogP contribution is 2.13. The number of carbonyl (C=O) groups excluding carboxylic acids is 2. The van der Waals surface area contributed by atoms with Crippen LogP contribution in [0.4, 0.5) is 10.1 Å². The van der Waals surface area contributed by atoms with Crippen LogP contribution in [0.15, 0.2) is 48.5 Å². The van der Waals surface area contributed by atoms with Crippen LogP contribution in [0, 0.1) is 5.82 Å². The number of hydrogen-bond donors (Lipinski definition) is 2. The van der Waals surface area contributed by atoms with Crippen LogP contribution < -0.4 is 10.6 Å². The van der Waals surface area contributed by atoms with Crippen LogP contribution >= 0.6 is 0 Å². The first-order chi connectivity index (χ1) is 13.1. The van der Waals surface area contributed by atoms with Gasteiger partial charge in [-0.15, -0.1) is 0 Å². The largest absolute Gasteiger partial charge is 0.379 e. The van der Waals surface area contributed by atoms with Gasteiger partial charge in [-0.2, -0.15) is 0 Å². The van der Waals surface area contributed by atoms with Crippen LogP contribution in [0.3, 0.4) is 0 Å². The topological polar surface area (TPSA) is 70.7 Å². The molecule has 1 heterocycles. The second-order valence-corrected chi connectivity index (χ2v) is 6.22. The maximum absolute atomic E-state index is 13.6. The number of halogens is 1. The monoisotopic (exact) mass is 371 g/mol. The number of morpholine rings is 1. The number of nitrogens with zero attached hydrogens (tertiary/aromatic N) is 1. The Morgan fingerprint density at radius 1 is 1.00 bits per heavy atom. The maximum Gasteiger partial charge on any atom is 0.258 e. The average Bonchev–Trinajstić information content (AvgIpc) is 2.69. The van der Waals surface area contributed by atoms with Gasteiger partial charge in [-0.25, -0.2) is 4.39 Å². The number of rotatable bonds is 6. The molecule has 2 aromatic carbocycles. The first kappa shape index (κ1) is 19.0. The Labute approximate surface area is 157 Å². The van der Waals surface area contributed by atoms with E-state index in [1.807, 2.05) is 0 Å². The summed E-state index contributed by atoms with van der Waals surface area (Å²) in [6, 6.07) is 12.3. The van der Waals surface area contributed by atoms with Crippen LogP contribution in [0.1, 0.15) is 20.7 Å². The molecule has 2 amide bonds. The molecule has 0 bridgehead atoms. The van der Waals surface area contributed by atoms with E-state index in [-0.39, 0.29) is 11.5 Å². The van der Waals surface area contributed by atoms with Crippen molar-refractivity contribution in [1.29, 1.82) is 0 Å². The smallest absolute Gasteiger partial charge is 0.258 e. The standard InChI is InChI=1S/C20H22FN3O3/c21-18-4-2-1-3-17(18)20(26)23-16-7-5-15(6-8-16)19(25)22-9-10-24-11-13-27-14-12-24/h1-8H,9-14H2,(H,22,25)(H,23,26). The van der Waals surface area contributed by atoms with E-state index in [4.69, 9.17) is 4.74 Å². The van der Waals surface area contributed by atoms with Crippen molar-refractivity contribution in [2.24, 2.45) is 0 Å². The van der Waals surface area contributed by atoms with Gasteiger partial charge in [-0.1, -0.05) is 12.1 Å². The first-order valence-electron chi connectivity index (χ1n) is 8.88. The Kier molecular flexibility index (Phi) is 6.51. The molecule has 2 aromatic rings. The summed E-state index contributed by atoms with van der Waals surface area (Å²) in [6.45, 7) is 4.57. The number of amides is 2. The fourth-order valence-electron chi connectivity index (χ4n) is 2.80. The third kappa shape index (κ3) is 5.35. The second-order valence-electron chi connectivity index (χ2n) is 6.22. The van der Waals surface area contributed by atoms with Crippen molar-refractivity contribution in [3.05, 3.63) is 65.5 Å². The van der Waals surface area contributed by atoms with Crippen LogP contribution in [0.2, 0.25) is 0 Å². The fraction of sp³-hybridized carbons (Fsp3) is 0.300. The highest BCUT2D eigenvalue weighted by molar-refractivity contribution is 6.04. The molecule has 0 atom stereocenters. The van der Waals surface area contributed by atoms with Crippen molar-refractivity contribution in [1.82, 2.24) is 10.2 Å². The van der Waals surface area contributed by atoms with E-state index in [0.29, 0.717) is 17.8 Å². The molecule has 1 fully saturated rings. The van der Waals surface area contributed by atoms with Gasteiger partial charge in [0.15, 0.2) is 0 Å². The molecular weight excluding hydrogens is 349 g/mol. The molecule has 6 nitrogen and oxygen atoms in total. The molecule has 2 N–H and O–H groups in total. The first-order valence-corrected chi connectivity index (χ1v) is 8.88. The summed E-state index contributed by atoms with van der Waals surface area (Å²) in [6.07, 6.45) is 0. The molecule has 1 aliphatic heterocycles. The third-order valence-electron chi connectivity index (χ3n) is 4.34. The Balaban J connectivity index is 1.49. The Bertz CT molecular complexity index is 789. The lowest BCUT2D eigenvalue weighted by Gasteiger charge is -2.26. The molecule has 0 unspecified atom stereocenters. The zero-order chi connectivity index (χ0) is 19.1. The number of anilines is 1. The Morgan fingerprint density at radius 3 is 2.41 bits per heavy atom. The van der Waals surface area contributed by atoms with E-state index >= 15 is 0 Å². The maximum atomic E-state index is 13.6. The van der Waals surface area contributed by atoms with Gasteiger partial charge < -0.3 is 15.4 Å². The van der Waals surface area contributed by atoms with Gasteiger partial charge in [-0.3, -0.25) is 14.5 Å². The lowest BCUT2D eigenvalue weighted by atomic mass is 10.1. The van der Waals surface area contributed by atoms with E-state index in [2.05, 4.69) is 15.5 Å². The van der Waals surface area contributed by atoms with Crippen molar-refractivity contribution in [3.63, 3.8) is 0 Å². The van der Waals surface area contributed by atoms with Gasteiger partial charge in [0.05, 0.1) is 18.8 Å². The number of ether oxygens (including phenoxy) is 1. The normalized spacial score (nSPS) is 14.6. The van der Waals surface area contributed by atoms with Gasteiger partial charge in [-0.05, 0) is 36.4 Å². The van der Waals surface area contributed by atoms with Crippen LogP contribution in [-0.2, 0) is 4.74 Å². The van der Waals surface area contributed by atoms with E-state index in [1.165, 1.54) is 18.2 Å². The van der Waals surface area contributed by atoms with E-state index in [0.717, 1.165) is 32.8 Å². The minimum absolute atomic E-state index is 0.0255. The van der Waals surface area contributed by atoms with Gasteiger partial charge in [0.1, 0.15) is 5.82 Å². The van der Waals surface area contributed by atoms with Crippen molar-refractivity contribution < 1.29 is 18.7 Å². The summed E-state index contributed by atoms with van der Waals surface area (Å²) in [5, 5.41) is 5.50. The van der Waals surface area contributed by atoms with Crippen LogP contribution in [-0.4, -0.2) is 56.1 Å². The Morgan fingerprint density at radius 2 is 1.70 bits per heavy atom. The van der Waals surface area contributed by atoms with Gasteiger partial charge >= 0.3 is 0 Å². The molecule has 0 aliphatic carbocycles. The predicted octanol–water partition coefficient (Wildman–Crippen LogP) is 2.14. The molecule has 27 heavy (non-hydrogen) atoms.